The monoisotopic (exact) mass is 343 g/mol. The first-order valence-electron chi connectivity index (χ1n) is 7.25. The van der Waals surface area contributed by atoms with Crippen LogP contribution in [0.5, 0.6) is 0 Å². The molecule has 3 aromatic rings. The van der Waals surface area contributed by atoms with Crippen LogP contribution in [-0.2, 0) is 4.79 Å². The Hall–Kier alpha value is -2.86. The molecule has 124 valence electrons. The van der Waals surface area contributed by atoms with E-state index in [-0.39, 0.29) is 18.3 Å². The summed E-state index contributed by atoms with van der Waals surface area (Å²) in [7, 11) is 1.83. The summed E-state index contributed by atoms with van der Waals surface area (Å²) in [5.74, 6) is 1.14. The second-order valence-corrected chi connectivity index (χ2v) is 5.05. The normalized spacial score (nSPS) is 9.92. The number of carbonyl (C=O) groups is 1. The van der Waals surface area contributed by atoms with Crippen LogP contribution in [0.2, 0.25) is 0 Å². The fraction of sp³-hybridized carbons (Fsp3) is 0.118. The maximum Gasteiger partial charge on any atom is 0.229 e. The van der Waals surface area contributed by atoms with E-state index in [0.29, 0.717) is 5.95 Å². The van der Waals surface area contributed by atoms with Gasteiger partial charge in [0.05, 0.1) is 5.52 Å². The van der Waals surface area contributed by atoms with E-state index in [2.05, 4.69) is 25.9 Å². The van der Waals surface area contributed by atoms with Crippen molar-refractivity contribution >= 4 is 52.4 Å². The quantitative estimate of drug-likeness (QED) is 0.671. The molecule has 1 amide bonds. The van der Waals surface area contributed by atoms with Crippen molar-refractivity contribution in [1.29, 1.82) is 0 Å². The predicted octanol–water partition coefficient (Wildman–Crippen LogP) is 3.80. The first kappa shape index (κ1) is 17.5. The lowest BCUT2D eigenvalue weighted by Crippen LogP contribution is -2.06. The molecule has 24 heavy (non-hydrogen) atoms. The summed E-state index contributed by atoms with van der Waals surface area (Å²) in [6, 6.07) is 15.2. The van der Waals surface area contributed by atoms with Gasteiger partial charge in [-0.05, 0) is 30.3 Å². The minimum Gasteiger partial charge on any atom is -0.372 e. The first-order valence-corrected chi connectivity index (χ1v) is 7.25. The molecule has 0 saturated carbocycles. The van der Waals surface area contributed by atoms with Gasteiger partial charge in [-0.25, -0.2) is 4.98 Å². The van der Waals surface area contributed by atoms with Crippen LogP contribution in [0.4, 0.5) is 23.1 Å². The van der Waals surface area contributed by atoms with Crippen molar-refractivity contribution in [1.82, 2.24) is 9.97 Å². The highest BCUT2D eigenvalue weighted by atomic mass is 35.5. The number of hydrogen-bond acceptors (Lipinski definition) is 5. The van der Waals surface area contributed by atoms with E-state index in [9.17, 15) is 4.79 Å². The molecule has 0 aliphatic carbocycles. The number of rotatable bonds is 4. The van der Waals surface area contributed by atoms with Crippen LogP contribution in [0.1, 0.15) is 6.92 Å². The third-order valence-electron chi connectivity index (χ3n) is 3.28. The number of fused-ring (bicyclic) bond motifs is 1. The van der Waals surface area contributed by atoms with E-state index in [1.165, 1.54) is 6.92 Å². The van der Waals surface area contributed by atoms with Crippen LogP contribution >= 0.6 is 12.4 Å². The van der Waals surface area contributed by atoms with Crippen molar-refractivity contribution < 1.29 is 4.79 Å². The minimum absolute atomic E-state index is 0. The second kappa shape index (κ2) is 7.61. The van der Waals surface area contributed by atoms with Crippen LogP contribution in [0.3, 0.4) is 0 Å². The summed E-state index contributed by atoms with van der Waals surface area (Å²) < 4.78 is 0. The lowest BCUT2D eigenvalue weighted by molar-refractivity contribution is -0.114. The SMILES string of the molecule is CNc1nc(Nc2cccc(NC(C)=O)c2)nc2ccccc12.Cl. The standard InChI is InChI=1S/C17H17N5O.ClH/c1-11(23)19-12-6-5-7-13(10-12)20-17-21-15-9-4-3-8-14(15)16(18-2)22-17;/h3-10H,1-2H3,(H,19,23)(H2,18,20,21,22);1H. The van der Waals surface area contributed by atoms with Crippen molar-refractivity contribution in [3.8, 4) is 0 Å². The molecule has 0 bridgehead atoms. The molecular weight excluding hydrogens is 326 g/mol. The third kappa shape index (κ3) is 3.91. The lowest BCUT2D eigenvalue weighted by atomic mass is 10.2. The highest BCUT2D eigenvalue weighted by molar-refractivity contribution is 5.91. The Morgan fingerprint density at radius 1 is 1.00 bits per heavy atom. The molecule has 0 aliphatic heterocycles. The van der Waals surface area contributed by atoms with Crippen LogP contribution in [0.25, 0.3) is 10.9 Å². The first-order chi connectivity index (χ1) is 11.2. The van der Waals surface area contributed by atoms with E-state index in [1.54, 1.807) is 0 Å². The van der Waals surface area contributed by atoms with Gasteiger partial charge in [0.2, 0.25) is 11.9 Å². The zero-order chi connectivity index (χ0) is 16.2. The van der Waals surface area contributed by atoms with Gasteiger partial charge >= 0.3 is 0 Å². The molecular formula is C17H18ClN5O. The summed E-state index contributed by atoms with van der Waals surface area (Å²) in [5.41, 5.74) is 2.37. The summed E-state index contributed by atoms with van der Waals surface area (Å²) in [6.45, 7) is 1.48. The maximum absolute atomic E-state index is 11.1. The van der Waals surface area contributed by atoms with Crippen LogP contribution in [0, 0.1) is 0 Å². The molecule has 0 saturated heterocycles. The van der Waals surface area contributed by atoms with Gasteiger partial charge in [0.15, 0.2) is 0 Å². The Morgan fingerprint density at radius 2 is 1.75 bits per heavy atom. The average molecular weight is 344 g/mol. The number of carbonyl (C=O) groups excluding carboxylic acids is 1. The van der Waals surface area contributed by atoms with Crippen molar-refractivity contribution in [2.24, 2.45) is 0 Å². The van der Waals surface area contributed by atoms with E-state index >= 15 is 0 Å². The van der Waals surface area contributed by atoms with E-state index in [1.807, 2.05) is 55.6 Å². The zero-order valence-corrected chi connectivity index (χ0v) is 14.1. The number of nitrogens with zero attached hydrogens (tertiary/aromatic N) is 2. The fourth-order valence-electron chi connectivity index (χ4n) is 2.33. The van der Waals surface area contributed by atoms with Gasteiger partial charge in [0, 0.05) is 30.7 Å². The predicted molar refractivity (Wildman–Crippen MR) is 100 cm³/mol. The summed E-state index contributed by atoms with van der Waals surface area (Å²) in [4.78, 5) is 20.2. The maximum atomic E-state index is 11.1. The zero-order valence-electron chi connectivity index (χ0n) is 13.3. The molecule has 0 spiro atoms. The van der Waals surface area contributed by atoms with E-state index in [4.69, 9.17) is 0 Å². The third-order valence-corrected chi connectivity index (χ3v) is 3.28. The Labute approximate surface area is 146 Å². The molecule has 2 aromatic carbocycles. The van der Waals surface area contributed by atoms with Gasteiger partial charge in [-0.2, -0.15) is 4.98 Å². The Balaban J connectivity index is 0.00000208. The molecule has 0 radical (unpaired) electrons. The molecule has 0 aliphatic rings. The highest BCUT2D eigenvalue weighted by Gasteiger charge is 2.07. The molecule has 6 nitrogen and oxygen atoms in total. The van der Waals surface area contributed by atoms with Crippen LogP contribution < -0.4 is 16.0 Å². The van der Waals surface area contributed by atoms with Crippen LogP contribution in [0.15, 0.2) is 48.5 Å². The number of amides is 1. The Bertz CT molecular complexity index is 868. The fourth-order valence-corrected chi connectivity index (χ4v) is 2.33. The van der Waals surface area contributed by atoms with Crippen molar-refractivity contribution in [3.63, 3.8) is 0 Å². The smallest absolute Gasteiger partial charge is 0.229 e. The van der Waals surface area contributed by atoms with Crippen molar-refractivity contribution in [3.05, 3.63) is 48.5 Å². The number of anilines is 4. The summed E-state index contributed by atoms with van der Waals surface area (Å²) in [6.07, 6.45) is 0. The van der Waals surface area contributed by atoms with Gasteiger partial charge in [0.1, 0.15) is 5.82 Å². The summed E-state index contributed by atoms with van der Waals surface area (Å²) in [5, 5.41) is 9.97. The Morgan fingerprint density at radius 3 is 2.50 bits per heavy atom. The number of benzene rings is 2. The minimum atomic E-state index is -0.110. The topological polar surface area (TPSA) is 78.9 Å². The molecule has 3 rings (SSSR count). The average Bonchev–Trinajstić information content (AvgIpc) is 2.53. The number of nitrogens with one attached hydrogen (secondary N) is 3. The highest BCUT2D eigenvalue weighted by Crippen LogP contribution is 2.24. The molecule has 7 heteroatoms. The van der Waals surface area contributed by atoms with Crippen molar-refractivity contribution in [2.45, 2.75) is 6.92 Å². The van der Waals surface area contributed by atoms with Gasteiger partial charge in [-0.1, -0.05) is 18.2 Å². The molecule has 1 aromatic heterocycles. The van der Waals surface area contributed by atoms with Gasteiger partial charge in [-0.3, -0.25) is 4.79 Å². The van der Waals surface area contributed by atoms with E-state index in [0.717, 1.165) is 28.1 Å². The number of hydrogen-bond donors (Lipinski definition) is 3. The number of para-hydroxylation sites is 1. The van der Waals surface area contributed by atoms with Crippen LogP contribution in [-0.4, -0.2) is 22.9 Å². The molecule has 0 fully saturated rings. The summed E-state index contributed by atoms with van der Waals surface area (Å²) >= 11 is 0. The number of halogens is 1. The largest absolute Gasteiger partial charge is 0.372 e. The molecule has 0 atom stereocenters. The van der Waals surface area contributed by atoms with Gasteiger partial charge in [-0.15, -0.1) is 12.4 Å². The van der Waals surface area contributed by atoms with Gasteiger partial charge < -0.3 is 16.0 Å². The van der Waals surface area contributed by atoms with Crippen molar-refractivity contribution in [2.75, 3.05) is 23.0 Å². The number of aromatic nitrogens is 2. The van der Waals surface area contributed by atoms with Gasteiger partial charge in [0.25, 0.3) is 0 Å². The second-order valence-electron chi connectivity index (χ2n) is 5.05. The Kier molecular flexibility index (Phi) is 5.55. The molecule has 3 N–H and O–H groups in total. The molecule has 1 heterocycles. The van der Waals surface area contributed by atoms with E-state index < -0.39 is 0 Å². The lowest BCUT2D eigenvalue weighted by Gasteiger charge is -2.10. The molecule has 0 unspecified atom stereocenters.